The topological polar surface area (TPSA) is 199 Å². The highest BCUT2D eigenvalue weighted by Crippen LogP contribution is 2.39. The van der Waals surface area contributed by atoms with E-state index in [4.69, 9.17) is 23.7 Å². The van der Waals surface area contributed by atoms with Crippen molar-refractivity contribution in [2.45, 2.75) is 174 Å². The lowest BCUT2D eigenvalue weighted by atomic mass is 9.78. The van der Waals surface area contributed by atoms with Crippen LogP contribution in [0.4, 0.5) is 0 Å². The molecule has 65 heavy (non-hydrogen) atoms. The first-order valence-electron chi connectivity index (χ1n) is 23.8. The number of piperidine rings is 1. The summed E-state index contributed by atoms with van der Waals surface area (Å²) >= 11 is 0. The van der Waals surface area contributed by atoms with Gasteiger partial charge in [0.2, 0.25) is 5.79 Å². The predicted molar refractivity (Wildman–Crippen MR) is 246 cm³/mol. The van der Waals surface area contributed by atoms with Gasteiger partial charge in [0.1, 0.15) is 30.1 Å². The van der Waals surface area contributed by atoms with Crippen LogP contribution in [0.25, 0.3) is 0 Å². The number of allylic oxidation sites excluding steroid dienone is 7. The monoisotopic (exact) mass is 914 g/mol. The molecule has 1 aliphatic carbocycles. The fourth-order valence-electron chi connectivity index (χ4n) is 9.89. The third-order valence-electron chi connectivity index (χ3n) is 14.3. The highest BCUT2D eigenvalue weighted by atomic mass is 16.6. The number of hydrogen-bond donors (Lipinski definition) is 4. The summed E-state index contributed by atoms with van der Waals surface area (Å²) in [6.45, 7) is 12.8. The molecular formula is C51H79NO13. The van der Waals surface area contributed by atoms with Gasteiger partial charge in [-0.25, -0.2) is 4.79 Å². The maximum absolute atomic E-state index is 14.4. The predicted octanol–water partition coefficient (Wildman–Crippen LogP) is 6.10. The maximum Gasteiger partial charge on any atom is 0.329 e. The summed E-state index contributed by atoms with van der Waals surface area (Å²) < 4.78 is 29.3. The number of hydrogen-bond acceptors (Lipinski definition) is 13. The Kier molecular flexibility index (Phi) is 20.8. The summed E-state index contributed by atoms with van der Waals surface area (Å²) in [6.07, 6.45) is 11.0. The van der Waals surface area contributed by atoms with Gasteiger partial charge in [-0.2, -0.15) is 0 Å². The van der Waals surface area contributed by atoms with Gasteiger partial charge in [0.25, 0.3) is 5.91 Å². The Hall–Kier alpha value is -3.50. The van der Waals surface area contributed by atoms with Crippen molar-refractivity contribution in [1.29, 1.82) is 0 Å². The number of carbonyl (C=O) groups excluding carboxylic acids is 4. The van der Waals surface area contributed by atoms with Gasteiger partial charge < -0.3 is 49.0 Å². The molecule has 0 spiro atoms. The molecule has 1 saturated carbocycles. The molecule has 2 saturated heterocycles. The molecule has 4 aliphatic rings. The molecule has 3 fully saturated rings. The van der Waals surface area contributed by atoms with Crippen molar-refractivity contribution >= 4 is 23.4 Å². The Bertz CT molecular complexity index is 1770. The van der Waals surface area contributed by atoms with Crippen LogP contribution in [0.5, 0.6) is 0 Å². The molecular weight excluding hydrogens is 835 g/mol. The number of Topliss-reactive ketones (excluding diaryl/α,β-unsaturated/α-hetero) is 2. The molecule has 2 bridgehead atoms. The van der Waals surface area contributed by atoms with E-state index < -0.39 is 78.1 Å². The number of cyclic esters (lactones) is 1. The van der Waals surface area contributed by atoms with E-state index in [9.17, 15) is 39.6 Å². The number of rotatable bonds is 6. The second kappa shape index (κ2) is 25.0. The molecule has 4 rings (SSSR count). The normalized spacial score (nSPS) is 41.0. The molecule has 0 aromatic rings. The molecule has 2 unspecified atom stereocenters. The summed E-state index contributed by atoms with van der Waals surface area (Å²) in [7, 11) is 4.50. The highest BCUT2D eigenvalue weighted by molar-refractivity contribution is 5.89. The second-order valence-electron chi connectivity index (χ2n) is 19.4. The molecule has 4 N–H and O–H groups in total. The number of aliphatic hydroxyl groups is 4. The van der Waals surface area contributed by atoms with Crippen LogP contribution in [-0.4, -0.2) is 131 Å². The third kappa shape index (κ3) is 14.3. The first-order valence-corrected chi connectivity index (χ1v) is 23.8. The van der Waals surface area contributed by atoms with Gasteiger partial charge in [-0.05, 0) is 107 Å². The standard InChI is InChI=1S/C51H79NO13/c1-30-16-12-11-13-17-31(2)42(61-8)28-38-21-19-36(7)51(60,65-38)48(57)49(58)52-23-15-14-18-39(52)50(59)64-43(33(4)26-37-20-22-40(53)44(27-37)62-9)29-41(54)32(3)25-35(6)46(56)47(63-10)45(55)34(5)24-30/h11-13,16-17,25,28,30,32-34,36-37,39-40,42-44,46-48,53,56-57,60H,14-15,18-24,26-27,29H2,1-10H3/b13-11+,16-12+,31-17+,35-25+,38-28-/t30-,32-,33-,34-,36-,37+,39?,40-,42+,43+,44-,46-,47+,48?,51-/m1/s1. The minimum absolute atomic E-state index is 0.0169. The summed E-state index contributed by atoms with van der Waals surface area (Å²) in [6, 6.07) is -1.09. The zero-order valence-corrected chi connectivity index (χ0v) is 40.5. The van der Waals surface area contributed by atoms with Crippen molar-refractivity contribution in [2.75, 3.05) is 27.9 Å². The number of amides is 1. The van der Waals surface area contributed by atoms with Crippen molar-refractivity contribution < 1.29 is 63.3 Å². The van der Waals surface area contributed by atoms with E-state index in [0.717, 1.165) is 12.0 Å². The van der Waals surface area contributed by atoms with Gasteiger partial charge in [0.05, 0.1) is 24.1 Å². The quantitative estimate of drug-likeness (QED) is 0.176. The third-order valence-corrected chi connectivity index (χ3v) is 14.3. The number of methoxy groups -OCH3 is 3. The zero-order chi connectivity index (χ0) is 48.2. The zero-order valence-electron chi connectivity index (χ0n) is 40.5. The number of ketones is 2. The summed E-state index contributed by atoms with van der Waals surface area (Å²) in [4.78, 5) is 57.8. The summed E-state index contributed by atoms with van der Waals surface area (Å²) in [5.41, 5.74) is 1.22. The molecule has 14 heteroatoms. The van der Waals surface area contributed by atoms with Crippen LogP contribution in [0, 0.1) is 35.5 Å². The van der Waals surface area contributed by atoms with Gasteiger partial charge in [0.15, 0.2) is 11.9 Å². The van der Waals surface area contributed by atoms with Gasteiger partial charge in [0, 0.05) is 58.5 Å². The molecule has 1 amide bonds. The lowest BCUT2D eigenvalue weighted by Crippen LogP contribution is -2.61. The number of fused-ring (bicyclic) bond motifs is 3. The Balaban J connectivity index is 1.72. The van der Waals surface area contributed by atoms with E-state index in [2.05, 4.69) is 0 Å². The molecule has 0 aromatic heterocycles. The smallest absolute Gasteiger partial charge is 0.329 e. The van der Waals surface area contributed by atoms with Crippen molar-refractivity contribution in [3.63, 3.8) is 0 Å². The number of aliphatic hydroxyl groups excluding tert-OH is 3. The van der Waals surface area contributed by atoms with Crippen LogP contribution in [0.2, 0.25) is 0 Å². The fraction of sp³-hybridized carbons (Fsp3) is 0.725. The molecule has 366 valence electrons. The van der Waals surface area contributed by atoms with Gasteiger partial charge in [-0.3, -0.25) is 14.4 Å². The van der Waals surface area contributed by atoms with Gasteiger partial charge in [-0.1, -0.05) is 71.1 Å². The second-order valence-corrected chi connectivity index (χ2v) is 19.4. The highest BCUT2D eigenvalue weighted by Gasteiger charge is 2.53. The van der Waals surface area contributed by atoms with E-state index in [0.29, 0.717) is 62.7 Å². The van der Waals surface area contributed by atoms with Crippen LogP contribution in [-0.2, 0) is 42.9 Å². The number of carbonyl (C=O) groups is 4. The van der Waals surface area contributed by atoms with Crippen molar-refractivity contribution in [1.82, 2.24) is 4.90 Å². The van der Waals surface area contributed by atoms with Crippen LogP contribution < -0.4 is 0 Å². The van der Waals surface area contributed by atoms with E-state index in [1.54, 1.807) is 47.1 Å². The summed E-state index contributed by atoms with van der Waals surface area (Å²) in [5, 5.41) is 45.6. The maximum atomic E-state index is 14.4. The Morgan fingerprint density at radius 2 is 1.58 bits per heavy atom. The van der Waals surface area contributed by atoms with E-state index >= 15 is 0 Å². The number of esters is 1. The average molecular weight is 914 g/mol. The first kappa shape index (κ1) is 54.1. The Morgan fingerprint density at radius 3 is 2.26 bits per heavy atom. The van der Waals surface area contributed by atoms with E-state index in [-0.39, 0.29) is 54.8 Å². The Morgan fingerprint density at radius 1 is 0.862 bits per heavy atom. The molecule has 0 radical (unpaired) electrons. The SMILES string of the molecule is CO[C@H]1/C=C2/CC[C@@H](C)[C@@](O)(O2)C(O)C(=O)N2CCCCC2C(=O)O[C@H]([C@H](C)C[C@@H]2CC[C@@H](O)[C@H](OC)C2)CC(=O)[C@H](C)/C=C(\C)[C@@H](O)[C@@H](OC)C(=O)[C@H](C)C[C@H](C)/C=C/C=C/C=C/1C. The molecule has 15 atom stereocenters. The number of ether oxygens (including phenoxy) is 5. The van der Waals surface area contributed by atoms with Crippen LogP contribution in [0.15, 0.2) is 59.4 Å². The molecule has 3 aliphatic heterocycles. The lowest BCUT2D eigenvalue weighted by molar-refractivity contribution is -0.275. The Labute approximate surface area is 387 Å². The lowest BCUT2D eigenvalue weighted by Gasteiger charge is -2.44. The van der Waals surface area contributed by atoms with Crippen molar-refractivity contribution in [3.05, 3.63) is 59.4 Å². The minimum Gasteiger partial charge on any atom is -0.463 e. The van der Waals surface area contributed by atoms with Crippen LogP contribution in [0.3, 0.4) is 0 Å². The van der Waals surface area contributed by atoms with Crippen molar-refractivity contribution in [2.24, 2.45) is 35.5 Å². The largest absolute Gasteiger partial charge is 0.463 e. The minimum atomic E-state index is -2.30. The number of nitrogens with zero attached hydrogens (tertiary/aromatic N) is 1. The molecule has 0 aromatic carbocycles. The van der Waals surface area contributed by atoms with Gasteiger partial charge in [-0.15, -0.1) is 0 Å². The fourth-order valence-corrected chi connectivity index (χ4v) is 9.89. The summed E-state index contributed by atoms with van der Waals surface area (Å²) in [5.74, 6) is -6.06. The average Bonchev–Trinajstić information content (AvgIpc) is 3.28. The van der Waals surface area contributed by atoms with Crippen LogP contribution in [0.1, 0.15) is 119 Å². The van der Waals surface area contributed by atoms with Crippen molar-refractivity contribution in [3.8, 4) is 0 Å². The van der Waals surface area contributed by atoms with Gasteiger partial charge >= 0.3 is 5.97 Å². The van der Waals surface area contributed by atoms with Crippen LogP contribution >= 0.6 is 0 Å². The van der Waals surface area contributed by atoms with E-state index in [1.165, 1.54) is 12.0 Å². The van der Waals surface area contributed by atoms with E-state index in [1.807, 2.05) is 58.1 Å². The molecule has 3 heterocycles. The first-order chi connectivity index (χ1) is 30.7. The molecule has 14 nitrogen and oxygen atoms in total.